The maximum atomic E-state index is 6.40. The van der Waals surface area contributed by atoms with Gasteiger partial charge in [-0.25, -0.2) is 0 Å². The summed E-state index contributed by atoms with van der Waals surface area (Å²) in [6.45, 7) is 6.10. The molecule has 2 rings (SSSR count). The average molecular weight is 296 g/mol. The predicted molar refractivity (Wildman–Crippen MR) is 82.6 cm³/mol. The summed E-state index contributed by atoms with van der Waals surface area (Å²) in [5.41, 5.74) is 10.8. The van der Waals surface area contributed by atoms with Crippen molar-refractivity contribution in [3.8, 4) is 5.75 Å². The standard InChI is InChI=1S/C15H18ClNOS/c1-8-5-9(2)12(11(6-8)18-4)14(17)15-13(16)10(3)7-19-15/h5-7,14H,17H2,1-4H3. The van der Waals surface area contributed by atoms with E-state index in [0.717, 1.165) is 32.3 Å². The number of hydrogen-bond acceptors (Lipinski definition) is 3. The molecule has 0 radical (unpaired) electrons. The van der Waals surface area contributed by atoms with Crippen molar-refractivity contribution in [1.29, 1.82) is 0 Å². The van der Waals surface area contributed by atoms with Crippen LogP contribution in [0, 0.1) is 20.8 Å². The molecule has 0 spiro atoms. The van der Waals surface area contributed by atoms with E-state index in [-0.39, 0.29) is 6.04 Å². The highest BCUT2D eigenvalue weighted by molar-refractivity contribution is 7.10. The molecule has 0 fully saturated rings. The summed E-state index contributed by atoms with van der Waals surface area (Å²) in [5, 5.41) is 2.80. The minimum Gasteiger partial charge on any atom is -0.496 e. The van der Waals surface area contributed by atoms with Crippen LogP contribution in [0.4, 0.5) is 0 Å². The lowest BCUT2D eigenvalue weighted by Gasteiger charge is -2.18. The van der Waals surface area contributed by atoms with Crippen molar-refractivity contribution in [2.24, 2.45) is 5.73 Å². The summed E-state index contributed by atoms with van der Waals surface area (Å²) < 4.78 is 5.48. The molecule has 1 aromatic carbocycles. The van der Waals surface area contributed by atoms with Crippen molar-refractivity contribution >= 4 is 22.9 Å². The Bertz CT molecular complexity index is 606. The molecule has 0 aliphatic rings. The van der Waals surface area contributed by atoms with Crippen molar-refractivity contribution in [3.63, 3.8) is 0 Å². The molecule has 102 valence electrons. The highest BCUT2D eigenvalue weighted by atomic mass is 35.5. The van der Waals surface area contributed by atoms with E-state index in [0.29, 0.717) is 0 Å². The molecule has 19 heavy (non-hydrogen) atoms. The van der Waals surface area contributed by atoms with Gasteiger partial charge in [0.15, 0.2) is 0 Å². The first-order valence-corrected chi connectivity index (χ1v) is 7.35. The highest BCUT2D eigenvalue weighted by Gasteiger charge is 2.21. The number of aryl methyl sites for hydroxylation is 3. The fourth-order valence-electron chi connectivity index (χ4n) is 2.30. The van der Waals surface area contributed by atoms with E-state index >= 15 is 0 Å². The van der Waals surface area contributed by atoms with Gasteiger partial charge in [-0.15, -0.1) is 11.3 Å². The number of benzene rings is 1. The van der Waals surface area contributed by atoms with Crippen LogP contribution < -0.4 is 10.5 Å². The molecule has 4 heteroatoms. The van der Waals surface area contributed by atoms with Gasteiger partial charge in [-0.2, -0.15) is 0 Å². The minimum atomic E-state index is -0.248. The molecule has 1 heterocycles. The quantitative estimate of drug-likeness (QED) is 0.912. The number of methoxy groups -OCH3 is 1. The number of thiophene rings is 1. The van der Waals surface area contributed by atoms with E-state index in [4.69, 9.17) is 22.1 Å². The topological polar surface area (TPSA) is 35.2 Å². The molecule has 0 amide bonds. The third kappa shape index (κ3) is 2.64. The minimum absolute atomic E-state index is 0.248. The second kappa shape index (κ2) is 5.53. The molecule has 1 unspecified atom stereocenters. The van der Waals surface area contributed by atoms with Gasteiger partial charge >= 0.3 is 0 Å². The van der Waals surface area contributed by atoms with Gasteiger partial charge in [-0.05, 0) is 48.9 Å². The van der Waals surface area contributed by atoms with E-state index in [9.17, 15) is 0 Å². The Morgan fingerprint density at radius 2 is 1.89 bits per heavy atom. The Labute approximate surface area is 123 Å². The van der Waals surface area contributed by atoms with Crippen LogP contribution in [-0.4, -0.2) is 7.11 Å². The van der Waals surface area contributed by atoms with Crippen LogP contribution in [0.25, 0.3) is 0 Å². The summed E-state index contributed by atoms with van der Waals surface area (Å²) in [6.07, 6.45) is 0. The molecular formula is C15H18ClNOS. The van der Waals surface area contributed by atoms with Gasteiger partial charge < -0.3 is 10.5 Å². The first-order valence-electron chi connectivity index (χ1n) is 6.10. The molecule has 2 aromatic rings. The zero-order valence-electron chi connectivity index (χ0n) is 11.6. The van der Waals surface area contributed by atoms with Crippen LogP contribution in [0.3, 0.4) is 0 Å². The molecule has 0 saturated heterocycles. The van der Waals surface area contributed by atoms with Crippen LogP contribution in [0.2, 0.25) is 5.02 Å². The number of rotatable bonds is 3. The zero-order chi connectivity index (χ0) is 14.2. The van der Waals surface area contributed by atoms with Crippen LogP contribution in [0.5, 0.6) is 5.75 Å². The number of hydrogen-bond donors (Lipinski definition) is 1. The van der Waals surface area contributed by atoms with Crippen molar-refractivity contribution < 1.29 is 4.74 Å². The van der Waals surface area contributed by atoms with E-state index in [1.165, 1.54) is 5.56 Å². The van der Waals surface area contributed by atoms with Gasteiger partial charge in [-0.1, -0.05) is 17.7 Å². The fourth-order valence-corrected chi connectivity index (χ4v) is 3.62. The zero-order valence-corrected chi connectivity index (χ0v) is 13.2. The lowest BCUT2D eigenvalue weighted by atomic mass is 9.97. The summed E-state index contributed by atoms with van der Waals surface area (Å²) in [5.74, 6) is 0.826. The average Bonchev–Trinajstić information content (AvgIpc) is 2.68. The van der Waals surface area contributed by atoms with Gasteiger partial charge in [-0.3, -0.25) is 0 Å². The molecule has 2 nitrogen and oxygen atoms in total. The first kappa shape index (κ1) is 14.4. The fraction of sp³-hybridized carbons (Fsp3) is 0.333. The number of nitrogens with two attached hydrogens (primary N) is 1. The van der Waals surface area contributed by atoms with Gasteiger partial charge in [0.1, 0.15) is 5.75 Å². The van der Waals surface area contributed by atoms with Crippen LogP contribution >= 0.6 is 22.9 Å². The van der Waals surface area contributed by atoms with Gasteiger partial charge in [0.05, 0.1) is 18.2 Å². The normalized spacial score (nSPS) is 12.5. The van der Waals surface area contributed by atoms with Crippen molar-refractivity contribution in [2.45, 2.75) is 26.8 Å². The largest absolute Gasteiger partial charge is 0.496 e. The van der Waals surface area contributed by atoms with Gasteiger partial charge in [0.25, 0.3) is 0 Å². The Morgan fingerprint density at radius 1 is 1.21 bits per heavy atom. The lowest BCUT2D eigenvalue weighted by Crippen LogP contribution is -2.14. The lowest BCUT2D eigenvalue weighted by molar-refractivity contribution is 0.407. The van der Waals surface area contributed by atoms with E-state index in [1.54, 1.807) is 18.4 Å². The van der Waals surface area contributed by atoms with Crippen LogP contribution in [-0.2, 0) is 0 Å². The molecular weight excluding hydrogens is 278 g/mol. The molecule has 2 N–H and O–H groups in total. The van der Waals surface area contributed by atoms with Crippen LogP contribution in [0.1, 0.15) is 33.2 Å². The monoisotopic (exact) mass is 295 g/mol. The highest BCUT2D eigenvalue weighted by Crippen LogP contribution is 2.39. The third-order valence-corrected chi connectivity index (χ3v) is 5.03. The summed E-state index contributed by atoms with van der Waals surface area (Å²) >= 11 is 7.92. The van der Waals surface area contributed by atoms with Gasteiger partial charge in [0, 0.05) is 10.4 Å². The maximum Gasteiger partial charge on any atom is 0.124 e. The number of halogens is 1. The predicted octanol–water partition coefficient (Wildman–Crippen LogP) is 4.38. The summed E-state index contributed by atoms with van der Waals surface area (Å²) in [6, 6.07) is 3.88. The van der Waals surface area contributed by atoms with E-state index in [1.807, 2.05) is 25.3 Å². The smallest absolute Gasteiger partial charge is 0.124 e. The summed E-state index contributed by atoms with van der Waals surface area (Å²) in [4.78, 5) is 0.990. The van der Waals surface area contributed by atoms with Crippen LogP contribution in [0.15, 0.2) is 17.5 Å². The van der Waals surface area contributed by atoms with E-state index < -0.39 is 0 Å². The van der Waals surface area contributed by atoms with Gasteiger partial charge in [0.2, 0.25) is 0 Å². The Hall–Kier alpha value is -1.03. The van der Waals surface area contributed by atoms with Crippen molar-refractivity contribution in [3.05, 3.63) is 49.7 Å². The molecule has 0 saturated carbocycles. The Kier molecular flexibility index (Phi) is 4.19. The second-order valence-electron chi connectivity index (χ2n) is 4.77. The molecule has 0 aliphatic carbocycles. The Morgan fingerprint density at radius 3 is 2.42 bits per heavy atom. The second-order valence-corrected chi connectivity index (χ2v) is 6.06. The maximum absolute atomic E-state index is 6.40. The first-order chi connectivity index (χ1) is 8.95. The molecule has 1 aromatic heterocycles. The number of ether oxygens (including phenoxy) is 1. The molecule has 0 bridgehead atoms. The molecule has 0 aliphatic heterocycles. The Balaban J connectivity index is 2.55. The van der Waals surface area contributed by atoms with E-state index in [2.05, 4.69) is 13.0 Å². The molecule has 1 atom stereocenters. The third-order valence-electron chi connectivity index (χ3n) is 3.23. The SMILES string of the molecule is COc1cc(C)cc(C)c1C(N)c1scc(C)c1Cl. The van der Waals surface area contributed by atoms with Crippen molar-refractivity contribution in [2.75, 3.05) is 7.11 Å². The van der Waals surface area contributed by atoms with Crippen molar-refractivity contribution in [1.82, 2.24) is 0 Å². The summed E-state index contributed by atoms with van der Waals surface area (Å²) in [7, 11) is 1.67.